The molecule has 24 heavy (non-hydrogen) atoms. The number of halogens is 2. The summed E-state index contributed by atoms with van der Waals surface area (Å²) in [5.41, 5.74) is 2.07. The third-order valence-electron chi connectivity index (χ3n) is 3.54. The van der Waals surface area contributed by atoms with Crippen LogP contribution in [0.2, 0.25) is 0 Å². The number of aromatic nitrogens is 1. The molecule has 0 aliphatic carbocycles. The van der Waals surface area contributed by atoms with Gasteiger partial charge in [0.1, 0.15) is 16.6 Å². The van der Waals surface area contributed by atoms with Gasteiger partial charge in [-0.2, -0.15) is 0 Å². The molecular weight excluding hydrogens is 332 g/mol. The average molecular weight is 344 g/mol. The van der Waals surface area contributed by atoms with Crippen LogP contribution in [-0.2, 0) is 11.2 Å². The molecule has 0 unspecified atom stereocenters. The van der Waals surface area contributed by atoms with Crippen LogP contribution in [0.25, 0.3) is 21.8 Å². The van der Waals surface area contributed by atoms with Crippen LogP contribution in [0.1, 0.15) is 10.4 Å². The normalized spacial score (nSPS) is 10.8. The Balaban J connectivity index is 2.11. The number of thiazole rings is 1. The molecule has 1 heterocycles. The summed E-state index contributed by atoms with van der Waals surface area (Å²) in [6.07, 6.45) is -0.316. The Labute approximate surface area is 141 Å². The Morgan fingerprint density at radius 3 is 2.42 bits per heavy atom. The van der Waals surface area contributed by atoms with Crippen LogP contribution in [0.5, 0.6) is 0 Å². The highest BCUT2D eigenvalue weighted by Crippen LogP contribution is 2.34. The van der Waals surface area contributed by atoms with Gasteiger partial charge in [0.2, 0.25) is 0 Å². The van der Waals surface area contributed by atoms with Crippen LogP contribution < -0.4 is 5.11 Å². The molecule has 0 atom stereocenters. The lowest BCUT2D eigenvalue weighted by Crippen LogP contribution is -2.24. The zero-order valence-corrected chi connectivity index (χ0v) is 13.5. The van der Waals surface area contributed by atoms with Crippen molar-refractivity contribution in [3.05, 3.63) is 64.5 Å². The molecule has 0 aliphatic rings. The lowest BCUT2D eigenvalue weighted by molar-refractivity contribution is -0.304. The Hall–Kier alpha value is -2.60. The molecule has 3 nitrogen and oxygen atoms in total. The summed E-state index contributed by atoms with van der Waals surface area (Å²) >= 11 is 1.17. The second kappa shape index (κ2) is 6.49. The molecule has 2 aromatic carbocycles. The highest BCUT2D eigenvalue weighted by molar-refractivity contribution is 7.15. The number of carbonyl (C=O) groups excluding carboxylic acids is 1. The van der Waals surface area contributed by atoms with E-state index >= 15 is 0 Å². The van der Waals surface area contributed by atoms with Crippen molar-refractivity contribution in [2.45, 2.75) is 13.3 Å². The number of benzene rings is 2. The van der Waals surface area contributed by atoms with Gasteiger partial charge in [-0.15, -0.1) is 11.3 Å². The van der Waals surface area contributed by atoms with E-state index < -0.39 is 5.97 Å². The van der Waals surface area contributed by atoms with Crippen molar-refractivity contribution in [3.8, 4) is 21.8 Å². The van der Waals surface area contributed by atoms with E-state index in [4.69, 9.17) is 0 Å². The third-order valence-corrected chi connectivity index (χ3v) is 4.64. The molecule has 0 N–H and O–H groups in total. The molecular formula is C18H12F2NO2S-. The summed E-state index contributed by atoms with van der Waals surface area (Å²) in [5, 5.41) is 11.6. The number of hydrogen-bond donors (Lipinski definition) is 0. The van der Waals surface area contributed by atoms with Crippen molar-refractivity contribution in [1.82, 2.24) is 4.98 Å². The smallest absolute Gasteiger partial charge is 0.126 e. The molecule has 0 saturated heterocycles. The predicted octanol–water partition coefficient (Wildman–Crippen LogP) is 3.36. The number of aryl methyl sites for hydroxylation is 1. The van der Waals surface area contributed by atoms with Crippen LogP contribution in [0, 0.1) is 18.6 Å². The average Bonchev–Trinajstić information content (AvgIpc) is 2.94. The number of carboxylic acids is 1. The van der Waals surface area contributed by atoms with Crippen LogP contribution in [0.4, 0.5) is 8.78 Å². The lowest BCUT2D eigenvalue weighted by atomic mass is 10.1. The van der Waals surface area contributed by atoms with E-state index in [0.717, 1.165) is 0 Å². The van der Waals surface area contributed by atoms with Crippen molar-refractivity contribution < 1.29 is 18.7 Å². The first-order chi connectivity index (χ1) is 11.4. The van der Waals surface area contributed by atoms with Gasteiger partial charge in [-0.25, -0.2) is 13.8 Å². The van der Waals surface area contributed by atoms with Gasteiger partial charge in [-0.1, -0.05) is 12.1 Å². The molecule has 0 radical (unpaired) electrons. The van der Waals surface area contributed by atoms with Crippen molar-refractivity contribution in [2.75, 3.05) is 0 Å². The van der Waals surface area contributed by atoms with Gasteiger partial charge in [0.25, 0.3) is 0 Å². The number of nitrogens with zero attached hydrogens (tertiary/aromatic N) is 1. The maximum Gasteiger partial charge on any atom is 0.126 e. The molecule has 0 aliphatic heterocycles. The molecule has 1 aromatic heterocycles. The minimum Gasteiger partial charge on any atom is -0.550 e. The summed E-state index contributed by atoms with van der Waals surface area (Å²) in [7, 11) is 0. The van der Waals surface area contributed by atoms with Crippen molar-refractivity contribution in [3.63, 3.8) is 0 Å². The standard InChI is InChI=1S/C18H13F2NO2S/c1-10-2-3-12(8-14(10)20)17-15(9-16(22)23)24-18(21-17)11-4-6-13(19)7-5-11/h2-8H,9H2,1H3,(H,22,23)/p-1. The van der Waals surface area contributed by atoms with Crippen LogP contribution in [0.15, 0.2) is 42.5 Å². The van der Waals surface area contributed by atoms with Crippen LogP contribution >= 0.6 is 11.3 Å². The summed E-state index contributed by atoms with van der Waals surface area (Å²) in [6, 6.07) is 10.4. The van der Waals surface area contributed by atoms with Crippen molar-refractivity contribution >= 4 is 17.3 Å². The van der Waals surface area contributed by atoms with Gasteiger partial charge in [-0.05, 0) is 42.8 Å². The summed E-state index contributed by atoms with van der Waals surface area (Å²) < 4.78 is 26.9. The van der Waals surface area contributed by atoms with Gasteiger partial charge < -0.3 is 9.90 Å². The SMILES string of the molecule is Cc1ccc(-c2nc(-c3ccc(F)cc3)sc2CC(=O)[O-])cc1F. The molecule has 0 fully saturated rings. The van der Waals surface area contributed by atoms with Crippen LogP contribution in [0.3, 0.4) is 0 Å². The molecule has 0 saturated carbocycles. The lowest BCUT2D eigenvalue weighted by Gasteiger charge is -2.04. The Kier molecular flexibility index (Phi) is 4.40. The molecule has 3 aromatic rings. The minimum absolute atomic E-state index is 0.316. The number of carboxylic acid groups (broad SMARTS) is 1. The maximum atomic E-state index is 13.8. The molecule has 0 amide bonds. The summed E-state index contributed by atoms with van der Waals surface area (Å²) in [5.74, 6) is -1.99. The van der Waals surface area contributed by atoms with Gasteiger partial charge in [0.15, 0.2) is 0 Å². The highest BCUT2D eigenvalue weighted by Gasteiger charge is 2.15. The second-order valence-electron chi connectivity index (χ2n) is 5.31. The van der Waals surface area contributed by atoms with E-state index in [0.29, 0.717) is 32.3 Å². The topological polar surface area (TPSA) is 53.0 Å². The quantitative estimate of drug-likeness (QED) is 0.729. The fourth-order valence-electron chi connectivity index (χ4n) is 2.28. The van der Waals surface area contributed by atoms with Gasteiger partial charge >= 0.3 is 0 Å². The van der Waals surface area contributed by atoms with E-state index in [9.17, 15) is 18.7 Å². The first-order valence-electron chi connectivity index (χ1n) is 7.16. The molecule has 122 valence electrons. The summed E-state index contributed by atoms with van der Waals surface area (Å²) in [6.45, 7) is 1.65. The predicted molar refractivity (Wildman–Crippen MR) is 86.4 cm³/mol. The van der Waals surface area contributed by atoms with Crippen LogP contribution in [-0.4, -0.2) is 11.0 Å². The molecule has 3 rings (SSSR count). The van der Waals surface area contributed by atoms with E-state index in [-0.39, 0.29) is 18.1 Å². The van der Waals surface area contributed by atoms with E-state index in [2.05, 4.69) is 4.98 Å². The maximum absolute atomic E-state index is 13.8. The van der Waals surface area contributed by atoms with Gasteiger partial charge in [0, 0.05) is 28.4 Å². The Bertz CT molecular complexity index is 904. The first-order valence-corrected chi connectivity index (χ1v) is 7.97. The molecule has 6 heteroatoms. The second-order valence-corrected chi connectivity index (χ2v) is 6.39. The summed E-state index contributed by atoms with van der Waals surface area (Å²) in [4.78, 5) is 15.9. The van der Waals surface area contributed by atoms with E-state index in [1.807, 2.05) is 0 Å². The fraction of sp³-hybridized carbons (Fsp3) is 0.111. The third kappa shape index (κ3) is 3.33. The number of aliphatic carboxylic acids is 1. The zero-order chi connectivity index (χ0) is 17.3. The van der Waals surface area contributed by atoms with Gasteiger partial charge in [0.05, 0.1) is 5.69 Å². The van der Waals surface area contributed by atoms with E-state index in [1.165, 1.54) is 29.5 Å². The monoisotopic (exact) mass is 344 g/mol. The Morgan fingerprint density at radius 2 is 1.79 bits per heavy atom. The van der Waals surface area contributed by atoms with Crippen molar-refractivity contribution in [2.24, 2.45) is 0 Å². The first kappa shape index (κ1) is 16.3. The minimum atomic E-state index is -1.24. The zero-order valence-electron chi connectivity index (χ0n) is 12.7. The largest absolute Gasteiger partial charge is 0.550 e. The number of carbonyl (C=O) groups is 1. The molecule has 0 spiro atoms. The van der Waals surface area contributed by atoms with E-state index in [1.54, 1.807) is 31.2 Å². The Morgan fingerprint density at radius 1 is 1.12 bits per heavy atom. The molecule has 0 bridgehead atoms. The number of rotatable bonds is 4. The number of hydrogen-bond acceptors (Lipinski definition) is 4. The van der Waals surface area contributed by atoms with Crippen molar-refractivity contribution in [1.29, 1.82) is 0 Å². The highest BCUT2D eigenvalue weighted by atomic mass is 32.1. The fourth-order valence-corrected chi connectivity index (χ4v) is 3.36. The van der Waals surface area contributed by atoms with Gasteiger partial charge in [-0.3, -0.25) is 0 Å².